The van der Waals surface area contributed by atoms with Crippen LogP contribution in [0.15, 0.2) is 0 Å². The Bertz CT molecular complexity index is 340. The lowest BCUT2D eigenvalue weighted by molar-refractivity contribution is -0.143. The maximum atomic E-state index is 12.3. The molecule has 2 aliphatic rings. The van der Waals surface area contributed by atoms with Gasteiger partial charge in [-0.1, -0.05) is 0 Å². The summed E-state index contributed by atoms with van der Waals surface area (Å²) in [6, 6.07) is 0.0330. The van der Waals surface area contributed by atoms with Crippen molar-refractivity contribution in [2.24, 2.45) is 5.92 Å². The fourth-order valence-corrected chi connectivity index (χ4v) is 2.82. The third-order valence-corrected chi connectivity index (χ3v) is 4.10. The smallest absolute Gasteiger partial charge is 0.320 e. The SMILES string of the molecule is COC1CCCN(C(=O)N2CCC(C(=O)O)CC2)C1. The van der Waals surface area contributed by atoms with Crippen LogP contribution in [0.1, 0.15) is 25.7 Å². The van der Waals surface area contributed by atoms with Gasteiger partial charge in [0.25, 0.3) is 0 Å². The number of carboxylic acid groups (broad SMARTS) is 1. The first kappa shape index (κ1) is 14.1. The molecule has 2 fully saturated rings. The largest absolute Gasteiger partial charge is 0.481 e. The monoisotopic (exact) mass is 270 g/mol. The van der Waals surface area contributed by atoms with E-state index in [9.17, 15) is 9.59 Å². The number of carbonyl (C=O) groups excluding carboxylic acids is 1. The number of methoxy groups -OCH3 is 1. The van der Waals surface area contributed by atoms with Crippen LogP contribution >= 0.6 is 0 Å². The Morgan fingerprint density at radius 2 is 1.79 bits per heavy atom. The van der Waals surface area contributed by atoms with Crippen molar-refractivity contribution < 1.29 is 19.4 Å². The number of urea groups is 1. The van der Waals surface area contributed by atoms with Crippen molar-refractivity contribution in [1.29, 1.82) is 0 Å². The number of hydrogen-bond donors (Lipinski definition) is 1. The second-order valence-corrected chi connectivity index (χ2v) is 5.33. The van der Waals surface area contributed by atoms with Crippen LogP contribution in [-0.4, -0.2) is 66.3 Å². The number of amides is 2. The molecule has 0 aromatic carbocycles. The minimum atomic E-state index is -0.746. The molecule has 2 aliphatic heterocycles. The summed E-state index contributed by atoms with van der Waals surface area (Å²) in [6.45, 7) is 2.51. The van der Waals surface area contributed by atoms with Crippen molar-refractivity contribution in [3.05, 3.63) is 0 Å². The Morgan fingerprint density at radius 1 is 1.11 bits per heavy atom. The first-order chi connectivity index (χ1) is 9.11. The van der Waals surface area contributed by atoms with Gasteiger partial charge in [0.15, 0.2) is 0 Å². The molecule has 0 aliphatic carbocycles. The topological polar surface area (TPSA) is 70.1 Å². The molecule has 0 spiro atoms. The number of aliphatic carboxylic acids is 1. The zero-order chi connectivity index (χ0) is 13.8. The summed E-state index contributed by atoms with van der Waals surface area (Å²) < 4.78 is 5.32. The molecule has 2 amide bonds. The zero-order valence-electron chi connectivity index (χ0n) is 11.4. The van der Waals surface area contributed by atoms with Gasteiger partial charge < -0.3 is 19.6 Å². The summed E-state index contributed by atoms with van der Waals surface area (Å²) in [7, 11) is 1.68. The third kappa shape index (κ3) is 3.37. The Morgan fingerprint density at radius 3 is 2.37 bits per heavy atom. The summed E-state index contributed by atoms with van der Waals surface area (Å²) >= 11 is 0. The second-order valence-electron chi connectivity index (χ2n) is 5.33. The maximum absolute atomic E-state index is 12.3. The highest BCUT2D eigenvalue weighted by Gasteiger charge is 2.31. The van der Waals surface area contributed by atoms with Crippen LogP contribution in [0.2, 0.25) is 0 Å². The maximum Gasteiger partial charge on any atom is 0.320 e. The first-order valence-electron chi connectivity index (χ1n) is 6.91. The van der Waals surface area contributed by atoms with E-state index in [1.165, 1.54) is 0 Å². The summed E-state index contributed by atoms with van der Waals surface area (Å²) in [6.07, 6.45) is 3.22. The van der Waals surface area contributed by atoms with E-state index >= 15 is 0 Å². The molecule has 6 nitrogen and oxygen atoms in total. The Labute approximate surface area is 113 Å². The minimum absolute atomic E-state index is 0.0330. The van der Waals surface area contributed by atoms with E-state index in [0.717, 1.165) is 19.4 Å². The number of hydrogen-bond acceptors (Lipinski definition) is 3. The molecular formula is C13H22N2O4. The quantitative estimate of drug-likeness (QED) is 0.813. The number of carbonyl (C=O) groups is 2. The van der Waals surface area contributed by atoms with Crippen molar-refractivity contribution >= 4 is 12.0 Å². The van der Waals surface area contributed by atoms with E-state index in [1.54, 1.807) is 12.0 Å². The van der Waals surface area contributed by atoms with Gasteiger partial charge in [-0.2, -0.15) is 0 Å². The van der Waals surface area contributed by atoms with Crippen LogP contribution in [0, 0.1) is 5.92 Å². The molecule has 6 heteroatoms. The predicted octanol–water partition coefficient (Wildman–Crippen LogP) is 1.01. The molecule has 0 bridgehead atoms. The molecule has 2 heterocycles. The van der Waals surface area contributed by atoms with E-state index in [-0.39, 0.29) is 18.1 Å². The molecule has 1 N–H and O–H groups in total. The van der Waals surface area contributed by atoms with Gasteiger partial charge in [-0.15, -0.1) is 0 Å². The van der Waals surface area contributed by atoms with Gasteiger partial charge in [-0.3, -0.25) is 4.79 Å². The van der Waals surface area contributed by atoms with Crippen molar-refractivity contribution in [3.63, 3.8) is 0 Å². The van der Waals surface area contributed by atoms with Crippen molar-refractivity contribution in [2.75, 3.05) is 33.3 Å². The summed E-state index contributed by atoms with van der Waals surface area (Å²) in [4.78, 5) is 26.8. The summed E-state index contributed by atoms with van der Waals surface area (Å²) in [5.41, 5.74) is 0. The van der Waals surface area contributed by atoms with Gasteiger partial charge in [0.2, 0.25) is 0 Å². The molecule has 1 atom stereocenters. The average Bonchev–Trinajstić information content (AvgIpc) is 2.46. The number of nitrogens with zero attached hydrogens (tertiary/aromatic N) is 2. The molecule has 0 saturated carbocycles. The molecule has 1 unspecified atom stereocenters. The van der Waals surface area contributed by atoms with Gasteiger partial charge in [-0.05, 0) is 25.7 Å². The Kier molecular flexibility index (Phi) is 4.63. The van der Waals surface area contributed by atoms with Gasteiger partial charge in [-0.25, -0.2) is 4.79 Å². The molecule has 0 aromatic rings. The van der Waals surface area contributed by atoms with E-state index in [1.807, 2.05) is 4.90 Å². The molecule has 2 rings (SSSR count). The Hall–Kier alpha value is -1.30. The molecule has 108 valence electrons. The van der Waals surface area contributed by atoms with Crippen LogP contribution in [0.25, 0.3) is 0 Å². The lowest BCUT2D eigenvalue weighted by Gasteiger charge is -2.38. The number of ether oxygens (including phenoxy) is 1. The van der Waals surface area contributed by atoms with Gasteiger partial charge in [0.05, 0.1) is 12.0 Å². The highest BCUT2D eigenvalue weighted by molar-refractivity contribution is 5.75. The van der Waals surface area contributed by atoms with Gasteiger partial charge >= 0.3 is 12.0 Å². The summed E-state index contributed by atoms with van der Waals surface area (Å²) in [5.74, 6) is -1.04. The van der Waals surface area contributed by atoms with Crippen LogP contribution in [0.3, 0.4) is 0 Å². The summed E-state index contributed by atoms with van der Waals surface area (Å²) in [5, 5.41) is 8.95. The molecule has 2 saturated heterocycles. The van der Waals surface area contributed by atoms with Crippen molar-refractivity contribution in [2.45, 2.75) is 31.8 Å². The van der Waals surface area contributed by atoms with Crippen molar-refractivity contribution in [1.82, 2.24) is 9.80 Å². The number of carboxylic acids is 1. The van der Waals surface area contributed by atoms with Crippen molar-refractivity contribution in [3.8, 4) is 0 Å². The van der Waals surface area contributed by atoms with E-state index in [4.69, 9.17) is 9.84 Å². The van der Waals surface area contributed by atoms with Gasteiger partial charge in [0.1, 0.15) is 0 Å². The molecule has 19 heavy (non-hydrogen) atoms. The zero-order valence-corrected chi connectivity index (χ0v) is 11.4. The van der Waals surface area contributed by atoms with Crippen LogP contribution < -0.4 is 0 Å². The minimum Gasteiger partial charge on any atom is -0.481 e. The first-order valence-corrected chi connectivity index (χ1v) is 6.91. The lowest BCUT2D eigenvalue weighted by Crippen LogP contribution is -2.51. The average molecular weight is 270 g/mol. The number of piperidine rings is 2. The molecule has 0 radical (unpaired) electrons. The van der Waals surface area contributed by atoms with E-state index < -0.39 is 5.97 Å². The Balaban J connectivity index is 1.85. The van der Waals surface area contributed by atoms with Crippen LogP contribution in [-0.2, 0) is 9.53 Å². The van der Waals surface area contributed by atoms with Crippen LogP contribution in [0.4, 0.5) is 4.79 Å². The lowest BCUT2D eigenvalue weighted by atomic mass is 9.97. The molecule has 0 aromatic heterocycles. The van der Waals surface area contributed by atoms with Crippen LogP contribution in [0.5, 0.6) is 0 Å². The standard InChI is InChI=1S/C13H22N2O4/c1-19-11-3-2-6-15(9-11)13(18)14-7-4-10(5-8-14)12(16)17/h10-11H,2-9H2,1H3,(H,16,17). The normalized spacial score (nSPS) is 25.4. The fourth-order valence-electron chi connectivity index (χ4n) is 2.82. The van der Waals surface area contributed by atoms with E-state index in [2.05, 4.69) is 0 Å². The molecular weight excluding hydrogens is 248 g/mol. The highest BCUT2D eigenvalue weighted by Crippen LogP contribution is 2.20. The van der Waals surface area contributed by atoms with E-state index in [0.29, 0.717) is 32.5 Å². The fraction of sp³-hybridized carbons (Fsp3) is 0.846. The number of rotatable bonds is 2. The second kappa shape index (κ2) is 6.23. The predicted molar refractivity (Wildman–Crippen MR) is 68.9 cm³/mol. The van der Waals surface area contributed by atoms with Gasteiger partial charge in [0, 0.05) is 33.3 Å². The highest BCUT2D eigenvalue weighted by atomic mass is 16.5. The third-order valence-electron chi connectivity index (χ3n) is 4.10. The number of likely N-dealkylation sites (tertiary alicyclic amines) is 2.